The highest BCUT2D eigenvalue weighted by molar-refractivity contribution is 5.97. The van der Waals surface area contributed by atoms with E-state index in [1.807, 2.05) is 0 Å². The van der Waals surface area contributed by atoms with E-state index in [1.165, 1.54) is 37.3 Å². The number of ether oxygens (including phenoxy) is 3. The highest BCUT2D eigenvalue weighted by Gasteiger charge is 2.24. The second-order valence-electron chi connectivity index (χ2n) is 5.62. The third-order valence-electron chi connectivity index (χ3n) is 3.51. The van der Waals surface area contributed by atoms with Crippen molar-refractivity contribution in [3.8, 4) is 17.2 Å². The Kier molecular flexibility index (Phi) is 5.21. The van der Waals surface area contributed by atoms with Gasteiger partial charge in [0.05, 0.1) is 10.9 Å². The molecular weight excluding hydrogens is 368 g/mol. The van der Waals surface area contributed by atoms with Crippen LogP contribution in [0.2, 0.25) is 0 Å². The van der Waals surface area contributed by atoms with Crippen LogP contribution < -0.4 is 19.8 Å². The van der Waals surface area contributed by atoms with Gasteiger partial charge in [0.2, 0.25) is 0 Å². The van der Waals surface area contributed by atoms with Crippen molar-refractivity contribution in [3.63, 3.8) is 0 Å². The molecule has 0 atom stereocenters. The Balaban J connectivity index is 2.21. The van der Waals surface area contributed by atoms with Crippen LogP contribution in [0.1, 0.15) is 24.2 Å². The summed E-state index contributed by atoms with van der Waals surface area (Å²) in [6, 6.07) is 12.4. The lowest BCUT2D eigenvalue weighted by atomic mass is 10.2. The summed E-state index contributed by atoms with van der Waals surface area (Å²) in [4.78, 5) is 47.6. The van der Waals surface area contributed by atoms with Gasteiger partial charge in [-0.2, -0.15) is 0 Å². The number of benzene rings is 2. The van der Waals surface area contributed by atoms with Gasteiger partial charge in [0, 0.05) is 13.8 Å². The van der Waals surface area contributed by atoms with E-state index in [1.54, 1.807) is 18.2 Å². The third-order valence-corrected chi connectivity index (χ3v) is 3.51. The largest absolute Gasteiger partial charge is 0.423 e. The Hall–Kier alpha value is -3.94. The zero-order valence-electron chi connectivity index (χ0n) is 14.9. The minimum Gasteiger partial charge on any atom is -0.423 e. The maximum Gasteiger partial charge on any atom is 0.383 e. The molecule has 0 aliphatic heterocycles. The number of fused-ring (bicyclic) bond motifs is 1. The first-order valence-corrected chi connectivity index (χ1v) is 8.10. The van der Waals surface area contributed by atoms with E-state index < -0.39 is 29.3 Å². The Bertz CT molecular complexity index is 1130. The molecule has 3 aromatic rings. The molecule has 0 unspecified atom stereocenters. The molecule has 142 valence electrons. The number of hydrogen-bond acceptors (Lipinski definition) is 8. The van der Waals surface area contributed by atoms with Crippen molar-refractivity contribution in [3.05, 3.63) is 64.5 Å². The molecule has 1 aromatic heterocycles. The predicted octanol–water partition coefficient (Wildman–Crippen LogP) is 2.86. The summed E-state index contributed by atoms with van der Waals surface area (Å²) in [7, 11) is 0. The summed E-state index contributed by atoms with van der Waals surface area (Å²) in [6.45, 7) is 2.27. The second-order valence-corrected chi connectivity index (χ2v) is 5.62. The van der Waals surface area contributed by atoms with Crippen molar-refractivity contribution in [2.24, 2.45) is 0 Å². The van der Waals surface area contributed by atoms with Gasteiger partial charge >= 0.3 is 23.5 Å². The van der Waals surface area contributed by atoms with Crippen LogP contribution in [0.15, 0.2) is 57.7 Å². The second kappa shape index (κ2) is 7.75. The number of carbonyl (C=O) groups excluding carboxylic acids is 3. The van der Waals surface area contributed by atoms with E-state index in [-0.39, 0.29) is 28.0 Å². The van der Waals surface area contributed by atoms with Crippen LogP contribution in [0.3, 0.4) is 0 Å². The fourth-order valence-corrected chi connectivity index (χ4v) is 2.45. The van der Waals surface area contributed by atoms with E-state index >= 15 is 0 Å². The van der Waals surface area contributed by atoms with Crippen LogP contribution in [0.5, 0.6) is 17.2 Å². The Morgan fingerprint density at radius 3 is 2.11 bits per heavy atom. The summed E-state index contributed by atoms with van der Waals surface area (Å²) in [5.74, 6) is -3.16. The van der Waals surface area contributed by atoms with E-state index in [0.29, 0.717) is 0 Å². The van der Waals surface area contributed by atoms with Crippen LogP contribution in [0, 0.1) is 0 Å². The summed E-state index contributed by atoms with van der Waals surface area (Å²) in [5, 5.41) is 0.110. The van der Waals surface area contributed by atoms with E-state index in [2.05, 4.69) is 0 Å². The van der Waals surface area contributed by atoms with Gasteiger partial charge in [-0.15, -0.1) is 0 Å². The minimum atomic E-state index is -1.07. The number of para-hydroxylation sites is 1. The quantitative estimate of drug-likeness (QED) is 0.385. The van der Waals surface area contributed by atoms with Crippen molar-refractivity contribution in [1.82, 2.24) is 0 Å². The van der Waals surface area contributed by atoms with Gasteiger partial charge in [-0.3, -0.25) is 9.59 Å². The van der Waals surface area contributed by atoms with Crippen LogP contribution in [0.4, 0.5) is 0 Å². The SMILES string of the molecule is CC(=O)Oc1c(OC(=O)c2ccccc2)c2cccc(OC(C)=O)c2oc1=O. The molecule has 0 amide bonds. The van der Waals surface area contributed by atoms with E-state index in [9.17, 15) is 19.2 Å². The first-order chi connectivity index (χ1) is 13.4. The van der Waals surface area contributed by atoms with Crippen molar-refractivity contribution in [2.45, 2.75) is 13.8 Å². The number of hydrogen-bond donors (Lipinski definition) is 0. The number of esters is 3. The van der Waals surface area contributed by atoms with Crippen LogP contribution in [0.25, 0.3) is 11.0 Å². The lowest BCUT2D eigenvalue weighted by Crippen LogP contribution is -2.16. The van der Waals surface area contributed by atoms with Crippen LogP contribution in [-0.2, 0) is 9.59 Å². The Labute approximate surface area is 158 Å². The van der Waals surface area contributed by atoms with Gasteiger partial charge in [-0.05, 0) is 24.3 Å². The predicted molar refractivity (Wildman–Crippen MR) is 96.5 cm³/mol. The Morgan fingerprint density at radius 1 is 0.786 bits per heavy atom. The maximum atomic E-state index is 12.5. The van der Waals surface area contributed by atoms with Crippen molar-refractivity contribution in [2.75, 3.05) is 0 Å². The monoisotopic (exact) mass is 382 g/mol. The van der Waals surface area contributed by atoms with Gasteiger partial charge in [0.25, 0.3) is 5.75 Å². The topological polar surface area (TPSA) is 109 Å². The summed E-state index contributed by atoms with van der Waals surface area (Å²) in [5.41, 5.74) is -0.985. The molecule has 0 N–H and O–H groups in total. The standard InChI is InChI=1S/C20H14O8/c1-11(21)25-15-10-6-9-14-16(15)27-20(24)18(26-12(2)22)17(14)28-19(23)13-7-4-3-5-8-13/h3-10H,1-2H3. The van der Waals surface area contributed by atoms with Gasteiger partial charge in [-0.25, -0.2) is 9.59 Å². The molecule has 3 rings (SSSR count). The molecule has 28 heavy (non-hydrogen) atoms. The van der Waals surface area contributed by atoms with Gasteiger partial charge in [0.1, 0.15) is 0 Å². The van der Waals surface area contributed by atoms with Gasteiger partial charge in [0.15, 0.2) is 17.1 Å². The maximum absolute atomic E-state index is 12.5. The molecule has 0 aliphatic carbocycles. The average molecular weight is 382 g/mol. The molecule has 0 radical (unpaired) electrons. The van der Waals surface area contributed by atoms with E-state index in [0.717, 1.165) is 6.92 Å². The Morgan fingerprint density at radius 2 is 1.46 bits per heavy atom. The van der Waals surface area contributed by atoms with Crippen molar-refractivity contribution < 1.29 is 33.0 Å². The van der Waals surface area contributed by atoms with Crippen LogP contribution >= 0.6 is 0 Å². The molecule has 0 saturated heterocycles. The molecule has 0 fully saturated rings. The zero-order valence-corrected chi connectivity index (χ0v) is 14.9. The summed E-state index contributed by atoms with van der Waals surface area (Å²) in [6.07, 6.45) is 0. The molecular formula is C20H14O8. The first kappa shape index (κ1) is 18.8. The highest BCUT2D eigenvalue weighted by atomic mass is 16.6. The van der Waals surface area contributed by atoms with Crippen molar-refractivity contribution in [1.29, 1.82) is 0 Å². The fourth-order valence-electron chi connectivity index (χ4n) is 2.45. The molecule has 0 saturated carbocycles. The zero-order chi connectivity index (χ0) is 20.3. The smallest absolute Gasteiger partial charge is 0.383 e. The molecule has 1 heterocycles. The van der Waals surface area contributed by atoms with Gasteiger partial charge in [-0.1, -0.05) is 24.3 Å². The molecule has 2 aromatic carbocycles. The summed E-state index contributed by atoms with van der Waals surface area (Å²) >= 11 is 0. The normalized spacial score (nSPS) is 10.4. The number of rotatable bonds is 4. The van der Waals surface area contributed by atoms with Crippen LogP contribution in [-0.4, -0.2) is 17.9 Å². The molecule has 0 bridgehead atoms. The fraction of sp³-hybridized carbons (Fsp3) is 0.100. The van der Waals surface area contributed by atoms with Crippen molar-refractivity contribution >= 4 is 28.9 Å². The summed E-state index contributed by atoms with van der Waals surface area (Å²) < 4.78 is 20.5. The first-order valence-electron chi connectivity index (χ1n) is 8.10. The molecule has 0 spiro atoms. The van der Waals surface area contributed by atoms with Gasteiger partial charge < -0.3 is 18.6 Å². The van der Waals surface area contributed by atoms with E-state index in [4.69, 9.17) is 18.6 Å². The number of carbonyl (C=O) groups is 3. The lowest BCUT2D eigenvalue weighted by Gasteiger charge is -2.12. The molecule has 0 aliphatic rings. The molecule has 8 nitrogen and oxygen atoms in total. The average Bonchev–Trinajstić information content (AvgIpc) is 2.65. The lowest BCUT2D eigenvalue weighted by molar-refractivity contribution is -0.132. The highest BCUT2D eigenvalue weighted by Crippen LogP contribution is 2.37. The minimum absolute atomic E-state index is 0.0477. The third kappa shape index (κ3) is 3.90. The molecule has 8 heteroatoms.